The van der Waals surface area contributed by atoms with Crippen LogP contribution in [0.3, 0.4) is 0 Å². The topological polar surface area (TPSA) is 134 Å². The number of nitrogens with one attached hydrogen (secondary N) is 1. The molecule has 0 amide bonds. The van der Waals surface area contributed by atoms with E-state index in [4.69, 9.17) is 5.73 Å². The van der Waals surface area contributed by atoms with Crippen molar-refractivity contribution < 1.29 is 13.2 Å². The number of nitrogens with zero attached hydrogens (tertiary/aromatic N) is 5. The summed E-state index contributed by atoms with van der Waals surface area (Å²) >= 11 is -2.47. The van der Waals surface area contributed by atoms with Gasteiger partial charge in [0.1, 0.15) is 23.5 Å². The molecule has 0 saturated heterocycles. The first-order valence-corrected chi connectivity index (χ1v) is 10.8. The quantitative estimate of drug-likeness (QED) is 0.259. The second kappa shape index (κ2) is 9.20. The molecule has 2 atom stereocenters. The van der Waals surface area contributed by atoms with E-state index in [0.717, 1.165) is 0 Å². The maximum atomic E-state index is 13.4. The van der Waals surface area contributed by atoms with Gasteiger partial charge in [-0.2, -0.15) is 0 Å². The van der Waals surface area contributed by atoms with Crippen molar-refractivity contribution in [1.29, 1.82) is 0 Å². The zero-order valence-electron chi connectivity index (χ0n) is 17.0. The van der Waals surface area contributed by atoms with E-state index >= 15 is 0 Å². The Morgan fingerprint density at radius 3 is 2.69 bits per heavy atom. The molecular formula is C21H19FN7O2S-. The van der Waals surface area contributed by atoms with Gasteiger partial charge in [0.05, 0.1) is 23.0 Å². The van der Waals surface area contributed by atoms with Crippen LogP contribution in [-0.4, -0.2) is 34.1 Å². The maximum Gasteiger partial charge on any atom is 0.166 e. The van der Waals surface area contributed by atoms with Crippen molar-refractivity contribution in [3.8, 4) is 0 Å². The largest absolute Gasteiger partial charge is 0.768 e. The van der Waals surface area contributed by atoms with Crippen molar-refractivity contribution in [2.45, 2.75) is 24.3 Å². The number of aliphatic imine (C=N–C) groups is 1. The van der Waals surface area contributed by atoms with Gasteiger partial charge in [0.15, 0.2) is 11.5 Å². The van der Waals surface area contributed by atoms with Crippen molar-refractivity contribution in [3.63, 3.8) is 0 Å². The van der Waals surface area contributed by atoms with Crippen LogP contribution in [0.4, 0.5) is 21.6 Å². The predicted octanol–water partition coefficient (Wildman–Crippen LogP) is 3.58. The molecule has 0 bridgehead atoms. The predicted molar refractivity (Wildman–Crippen MR) is 120 cm³/mol. The number of nitrogens with two attached hydrogens (primary N) is 1. The molecule has 3 N–H and O–H groups in total. The Morgan fingerprint density at radius 2 is 1.97 bits per heavy atom. The lowest BCUT2D eigenvalue weighted by Gasteiger charge is -2.22. The molecule has 11 heteroatoms. The van der Waals surface area contributed by atoms with Crippen LogP contribution >= 0.6 is 0 Å². The van der Waals surface area contributed by atoms with Gasteiger partial charge >= 0.3 is 0 Å². The summed E-state index contributed by atoms with van der Waals surface area (Å²) in [5.41, 5.74) is 7.74. The number of hydrogen-bond acceptors (Lipinski definition) is 7. The van der Waals surface area contributed by atoms with Crippen LogP contribution in [0.2, 0.25) is 0 Å². The minimum absolute atomic E-state index is 0.0582. The van der Waals surface area contributed by atoms with Crippen molar-refractivity contribution in [2.24, 2.45) is 4.99 Å². The van der Waals surface area contributed by atoms with Gasteiger partial charge in [-0.1, -0.05) is 19.1 Å². The van der Waals surface area contributed by atoms with Gasteiger partial charge in [-0.25, -0.2) is 24.3 Å². The minimum Gasteiger partial charge on any atom is -0.768 e. The second-order valence-electron chi connectivity index (χ2n) is 6.84. The highest BCUT2D eigenvalue weighted by atomic mass is 32.2. The van der Waals surface area contributed by atoms with Crippen LogP contribution in [0.25, 0.3) is 11.2 Å². The van der Waals surface area contributed by atoms with Crippen molar-refractivity contribution >= 4 is 45.3 Å². The number of amidine groups is 1. The summed E-state index contributed by atoms with van der Waals surface area (Å²) in [6, 6.07) is 11.8. The van der Waals surface area contributed by atoms with Crippen LogP contribution in [0.5, 0.6) is 0 Å². The number of para-hydroxylation sites is 1. The van der Waals surface area contributed by atoms with E-state index in [1.54, 1.807) is 41.2 Å². The maximum absolute atomic E-state index is 13.4. The first-order chi connectivity index (χ1) is 15.5. The Labute approximate surface area is 185 Å². The van der Waals surface area contributed by atoms with E-state index < -0.39 is 17.1 Å². The highest BCUT2D eigenvalue weighted by Gasteiger charge is 2.21. The van der Waals surface area contributed by atoms with E-state index in [1.807, 2.05) is 6.92 Å². The number of nitrogen functional groups attached to an aromatic ring is 1. The van der Waals surface area contributed by atoms with Crippen LogP contribution in [-0.2, 0) is 11.1 Å². The summed E-state index contributed by atoms with van der Waals surface area (Å²) in [7, 11) is 0. The molecule has 4 aromatic rings. The van der Waals surface area contributed by atoms with Gasteiger partial charge in [-0.3, -0.25) is 4.21 Å². The van der Waals surface area contributed by atoms with Crippen LogP contribution in [0.15, 0.2) is 71.1 Å². The third kappa shape index (κ3) is 4.34. The molecule has 0 radical (unpaired) electrons. The number of rotatable bonds is 6. The summed E-state index contributed by atoms with van der Waals surface area (Å²) in [4.78, 5) is 17.3. The van der Waals surface area contributed by atoms with Gasteiger partial charge in [-0.15, -0.1) is 0 Å². The molecule has 0 aliphatic carbocycles. The molecule has 2 aromatic heterocycles. The van der Waals surface area contributed by atoms with Crippen LogP contribution in [0.1, 0.15) is 19.4 Å². The van der Waals surface area contributed by atoms with Gasteiger partial charge in [-0.05, 0) is 53.9 Å². The van der Waals surface area contributed by atoms with E-state index in [9.17, 15) is 13.2 Å². The molecular weight excluding hydrogens is 433 g/mol. The zero-order chi connectivity index (χ0) is 22.7. The Balaban J connectivity index is 1.86. The summed E-state index contributed by atoms with van der Waals surface area (Å²) in [5.74, 6) is 0.301. The lowest BCUT2D eigenvalue weighted by atomic mass is 10.1. The Bertz CT molecular complexity index is 1310. The number of imidazole rings is 1. The van der Waals surface area contributed by atoms with Crippen LogP contribution < -0.4 is 11.1 Å². The highest BCUT2D eigenvalue weighted by molar-refractivity contribution is 7.79. The number of benzene rings is 2. The fourth-order valence-electron chi connectivity index (χ4n) is 3.31. The SMILES string of the molecule is CCC(C(=Nc1ccccc1S(=O)[O-])Nc1ccc(F)cc1)n1cnc2c(N)ncnc21. The van der Waals surface area contributed by atoms with Gasteiger partial charge in [0, 0.05) is 5.69 Å². The van der Waals surface area contributed by atoms with E-state index in [-0.39, 0.29) is 22.2 Å². The van der Waals surface area contributed by atoms with Crippen molar-refractivity contribution in [3.05, 3.63) is 67.0 Å². The average molecular weight is 452 g/mol. The number of fused-ring (bicyclic) bond motifs is 1. The molecule has 2 aromatic carbocycles. The van der Waals surface area contributed by atoms with Gasteiger partial charge in [0.2, 0.25) is 0 Å². The Morgan fingerprint density at radius 1 is 1.22 bits per heavy atom. The molecule has 0 fully saturated rings. The highest BCUT2D eigenvalue weighted by Crippen LogP contribution is 2.27. The fraction of sp³-hybridized carbons (Fsp3) is 0.143. The van der Waals surface area contributed by atoms with Gasteiger partial charge in [0.25, 0.3) is 0 Å². The minimum atomic E-state index is -2.47. The Hall–Kier alpha value is -3.70. The number of halogens is 1. The normalized spacial score (nSPS) is 13.8. The molecule has 0 saturated carbocycles. The first-order valence-electron chi connectivity index (χ1n) is 9.70. The lowest BCUT2D eigenvalue weighted by molar-refractivity contribution is 0.537. The fourth-order valence-corrected chi connectivity index (χ4v) is 3.78. The smallest absolute Gasteiger partial charge is 0.166 e. The molecule has 9 nitrogen and oxygen atoms in total. The molecule has 164 valence electrons. The summed E-state index contributed by atoms with van der Waals surface area (Å²) in [6.45, 7) is 1.95. The van der Waals surface area contributed by atoms with Crippen LogP contribution in [0, 0.1) is 5.82 Å². The molecule has 0 aliphatic rings. The number of aromatic nitrogens is 4. The molecule has 2 unspecified atom stereocenters. The zero-order valence-corrected chi connectivity index (χ0v) is 17.8. The lowest BCUT2D eigenvalue weighted by Crippen LogP contribution is -2.26. The van der Waals surface area contributed by atoms with E-state index in [0.29, 0.717) is 29.1 Å². The van der Waals surface area contributed by atoms with Gasteiger partial charge < -0.3 is 20.2 Å². The Kier molecular flexibility index (Phi) is 6.19. The summed E-state index contributed by atoms with van der Waals surface area (Å²) in [5, 5.41) is 3.20. The molecule has 0 spiro atoms. The number of hydrogen-bond donors (Lipinski definition) is 2. The average Bonchev–Trinajstić information content (AvgIpc) is 3.21. The molecule has 0 aliphatic heterocycles. The summed E-state index contributed by atoms with van der Waals surface area (Å²) < 4.78 is 38.6. The summed E-state index contributed by atoms with van der Waals surface area (Å²) in [6.07, 6.45) is 3.50. The molecule has 32 heavy (non-hydrogen) atoms. The molecule has 2 heterocycles. The first kappa shape index (κ1) is 21.5. The van der Waals surface area contributed by atoms with E-state index in [1.165, 1.54) is 24.5 Å². The standard InChI is InChI=1S/C21H20FN7O2S/c1-2-16(29-12-26-18-19(23)24-11-25-21(18)29)20(27-14-9-7-13(22)8-10-14)28-15-5-3-4-6-17(15)32(30)31/h3-12,16H,2H2,1H3,(H,27,28)(H,30,31)(H2,23,24,25)/p-1. The van der Waals surface area contributed by atoms with Crippen molar-refractivity contribution in [2.75, 3.05) is 11.1 Å². The van der Waals surface area contributed by atoms with E-state index in [2.05, 4.69) is 25.3 Å². The number of anilines is 2. The third-order valence-electron chi connectivity index (χ3n) is 4.83. The second-order valence-corrected chi connectivity index (χ2v) is 7.75. The van der Waals surface area contributed by atoms with Crippen molar-refractivity contribution in [1.82, 2.24) is 19.5 Å². The third-order valence-corrected chi connectivity index (χ3v) is 5.53. The monoisotopic (exact) mass is 452 g/mol. The molecule has 4 rings (SSSR count).